The fourth-order valence-corrected chi connectivity index (χ4v) is 6.60. The average Bonchev–Trinajstić information content (AvgIpc) is 3.52. The summed E-state index contributed by atoms with van der Waals surface area (Å²) in [4.78, 5) is 2.30. The van der Waals surface area contributed by atoms with Gasteiger partial charge in [-0.15, -0.1) is 0 Å². The first-order valence-electron chi connectivity index (χ1n) is 18.6. The van der Waals surface area contributed by atoms with Gasteiger partial charge < -0.3 is 16.4 Å². The number of nitrogens with zero attached hydrogens (tertiary/aromatic N) is 2. The highest BCUT2D eigenvalue weighted by molar-refractivity contribution is 6.04. The number of allylic oxidation sites excluding steroid dienone is 6. The topological polar surface area (TPSA) is 58.3 Å². The largest absolute Gasteiger partial charge is 0.312 e. The van der Waals surface area contributed by atoms with Crippen molar-refractivity contribution in [3.8, 4) is 11.1 Å². The number of fused-ring (bicyclic) bond motifs is 4. The molecule has 0 unspecified atom stereocenters. The summed E-state index contributed by atoms with van der Waals surface area (Å²) in [5.41, 5.74) is 26.9. The molecule has 2 aliphatic heterocycles. The third kappa shape index (κ3) is 9.14. The molecule has 0 bridgehead atoms. The molecule has 0 saturated carbocycles. The molecule has 0 aliphatic carbocycles. The van der Waals surface area contributed by atoms with E-state index >= 15 is 0 Å². The monoisotopic (exact) mass is 717 g/mol. The lowest BCUT2D eigenvalue weighted by molar-refractivity contribution is 0.837. The van der Waals surface area contributed by atoms with Gasteiger partial charge in [0.1, 0.15) is 0 Å². The first-order valence-corrected chi connectivity index (χ1v) is 18.6. The van der Waals surface area contributed by atoms with Gasteiger partial charge in [-0.2, -0.15) is 4.58 Å². The highest BCUT2D eigenvalue weighted by Crippen LogP contribution is 2.48. The van der Waals surface area contributed by atoms with Crippen LogP contribution in [0, 0.1) is 13.8 Å². The van der Waals surface area contributed by atoms with E-state index in [0.717, 1.165) is 33.8 Å². The van der Waals surface area contributed by atoms with Crippen molar-refractivity contribution < 1.29 is 0 Å². The molecule has 0 aromatic heterocycles. The molecule has 6 aromatic carbocycles. The van der Waals surface area contributed by atoms with Crippen molar-refractivity contribution in [2.24, 2.45) is 11.5 Å². The molecule has 4 nitrogen and oxygen atoms in total. The maximum absolute atomic E-state index is 5.88. The minimum atomic E-state index is -0.502. The van der Waals surface area contributed by atoms with E-state index in [-0.39, 0.29) is 0 Å². The van der Waals surface area contributed by atoms with Crippen LogP contribution in [0.3, 0.4) is 0 Å². The molecule has 4 N–H and O–H groups in total. The molecule has 55 heavy (non-hydrogen) atoms. The zero-order chi connectivity index (χ0) is 38.6. The molecule has 0 spiro atoms. The lowest BCUT2D eigenvalue weighted by atomic mass is 9.95. The Morgan fingerprint density at radius 3 is 1.80 bits per heavy atom. The van der Waals surface area contributed by atoms with Gasteiger partial charge in [-0.3, -0.25) is 0 Å². The van der Waals surface area contributed by atoms with Gasteiger partial charge in [0.2, 0.25) is 11.4 Å². The van der Waals surface area contributed by atoms with Gasteiger partial charge in [-0.05, 0) is 80.0 Å². The van der Waals surface area contributed by atoms with Gasteiger partial charge in [-0.25, -0.2) is 0 Å². The smallest absolute Gasteiger partial charge is 0.219 e. The van der Waals surface area contributed by atoms with Crippen molar-refractivity contribution in [2.45, 2.75) is 26.9 Å². The molecule has 2 aliphatic rings. The van der Waals surface area contributed by atoms with Crippen LogP contribution in [0.1, 0.15) is 29.2 Å². The highest BCUT2D eigenvalue weighted by atomic mass is 15.2. The van der Waals surface area contributed by atoms with E-state index in [9.17, 15) is 0 Å². The molecule has 8 rings (SSSR count). The van der Waals surface area contributed by atoms with Gasteiger partial charge in [0.25, 0.3) is 0 Å². The molecule has 0 fully saturated rings. The summed E-state index contributed by atoms with van der Waals surface area (Å²) in [6.45, 7) is 10.3. The number of benzene rings is 6. The summed E-state index contributed by atoms with van der Waals surface area (Å²) >= 11 is 0. The van der Waals surface area contributed by atoms with Crippen molar-refractivity contribution in [3.63, 3.8) is 0 Å². The van der Waals surface area contributed by atoms with Gasteiger partial charge in [0.05, 0.1) is 28.7 Å². The third-order valence-electron chi connectivity index (χ3n) is 9.48. The lowest BCUT2D eigenvalue weighted by Gasteiger charge is -2.38. The van der Waals surface area contributed by atoms with Crippen molar-refractivity contribution >= 4 is 40.2 Å². The summed E-state index contributed by atoms with van der Waals surface area (Å²) in [6.07, 6.45) is 13.7. The highest BCUT2D eigenvalue weighted by Gasteiger charge is 2.31. The first kappa shape index (κ1) is 38.1. The van der Waals surface area contributed by atoms with Crippen LogP contribution in [-0.2, 0) is 0 Å². The number of anilines is 2. The molecule has 0 saturated heterocycles. The molecule has 0 radical (unpaired) electrons. The average molecular weight is 718 g/mol. The van der Waals surface area contributed by atoms with E-state index in [2.05, 4.69) is 164 Å². The van der Waals surface area contributed by atoms with Gasteiger partial charge in [0.15, 0.2) is 6.21 Å². The Hall–Kier alpha value is -6.59. The number of rotatable bonds is 7. The second-order valence-corrected chi connectivity index (χ2v) is 13.3. The number of para-hydroxylation sites is 3. The van der Waals surface area contributed by atoms with Crippen LogP contribution in [0.2, 0.25) is 0 Å². The van der Waals surface area contributed by atoms with E-state index in [1.54, 1.807) is 0 Å². The van der Waals surface area contributed by atoms with Crippen molar-refractivity contribution in [1.82, 2.24) is 4.58 Å². The summed E-state index contributed by atoms with van der Waals surface area (Å²) in [5.74, 6) is 0. The molecule has 6 aromatic rings. The molecule has 0 atom stereocenters. The van der Waals surface area contributed by atoms with Crippen LogP contribution in [-0.4, -0.2) is 12.4 Å². The van der Waals surface area contributed by atoms with E-state index in [1.165, 1.54) is 39.2 Å². The Balaban J connectivity index is 0.000000307. The van der Waals surface area contributed by atoms with Crippen LogP contribution in [0.15, 0.2) is 206 Å². The molecule has 4 heteroatoms. The maximum Gasteiger partial charge on any atom is 0.219 e. The van der Waals surface area contributed by atoms with Gasteiger partial charge in [-0.1, -0.05) is 151 Å². The van der Waals surface area contributed by atoms with Crippen molar-refractivity contribution in [3.05, 3.63) is 229 Å². The molecule has 272 valence electrons. The van der Waals surface area contributed by atoms with Gasteiger partial charge >= 0.3 is 0 Å². The van der Waals surface area contributed by atoms with E-state index < -0.39 is 6.17 Å². The Morgan fingerprint density at radius 2 is 1.22 bits per heavy atom. The first-order chi connectivity index (χ1) is 26.9. The predicted molar refractivity (Wildman–Crippen MR) is 238 cm³/mol. The van der Waals surface area contributed by atoms with Crippen LogP contribution in [0.5, 0.6) is 0 Å². The van der Waals surface area contributed by atoms with E-state index in [0.29, 0.717) is 0 Å². The van der Waals surface area contributed by atoms with Crippen LogP contribution in [0.4, 0.5) is 22.7 Å². The molecule has 0 amide bonds. The SMILES string of the molecule is C=C/C(=C\C=C1\c2ccccc2N1c1ccccc1)c1ccc2c(c1)-c1ccccc1[N+]2=C/C=C\C(=C/C)C(N)N.Cc1ccccc1.Cc1ccccc1. The number of nitrogens with two attached hydrogens (primary N) is 2. The zero-order valence-electron chi connectivity index (χ0n) is 31.9. The Morgan fingerprint density at radius 1 is 0.655 bits per heavy atom. The number of hydrogen-bond acceptors (Lipinski definition) is 3. The predicted octanol–water partition coefficient (Wildman–Crippen LogP) is 12.1. The zero-order valence-corrected chi connectivity index (χ0v) is 31.9. The Bertz CT molecular complexity index is 2340. The molecule has 2 heterocycles. The third-order valence-corrected chi connectivity index (χ3v) is 9.48. The maximum atomic E-state index is 5.88. The standard InChI is InChI=1S/C37H33N4.2C7H8/c1-3-26(20-23-36-31-17-9-11-19-35(31)41(36)29-14-6-5-7-15-29)28-21-22-34-32(25-28)30-16-8-10-18-33(30)40(34)24-12-13-27(4-2)37(38)39;2*1-7-5-3-2-4-6-7/h3-25,37H,1,38-39H2,2H3;2*2-6H,1H3/q+1;;/b13-12-,26-20+,27-4+,36-23-,40-24?;;. The van der Waals surface area contributed by atoms with E-state index in [4.69, 9.17) is 11.5 Å². The Labute approximate surface area is 326 Å². The van der Waals surface area contributed by atoms with Gasteiger partial charge in [0, 0.05) is 29.5 Å². The summed E-state index contributed by atoms with van der Waals surface area (Å²) < 4.78 is 2.21. The normalized spacial score (nSPS) is 14.3. The van der Waals surface area contributed by atoms with Crippen LogP contribution >= 0.6 is 0 Å². The van der Waals surface area contributed by atoms with E-state index in [1.807, 2.05) is 73.7 Å². The summed E-state index contributed by atoms with van der Waals surface area (Å²) in [7, 11) is 0. The quantitative estimate of drug-likeness (QED) is 0.0980. The lowest BCUT2D eigenvalue weighted by Crippen LogP contribution is -2.31. The molecular weight excluding hydrogens is 669 g/mol. The van der Waals surface area contributed by atoms with Crippen LogP contribution < -0.4 is 20.9 Å². The summed E-state index contributed by atoms with van der Waals surface area (Å²) in [5, 5.41) is 0. The Kier molecular flexibility index (Phi) is 12.8. The second kappa shape index (κ2) is 18.4. The summed E-state index contributed by atoms with van der Waals surface area (Å²) in [6, 6.07) is 54.6. The van der Waals surface area contributed by atoms with Crippen LogP contribution in [0.25, 0.3) is 22.4 Å². The van der Waals surface area contributed by atoms with Crippen molar-refractivity contribution in [2.75, 3.05) is 4.90 Å². The van der Waals surface area contributed by atoms with Crippen molar-refractivity contribution in [1.29, 1.82) is 0 Å². The fraction of sp³-hybridized carbons (Fsp3) is 0.0784. The number of hydrogen-bond donors (Lipinski definition) is 2. The minimum absolute atomic E-state index is 0.502. The number of aryl methyl sites for hydroxylation is 2. The minimum Gasteiger partial charge on any atom is -0.312 e. The molecular formula is C51H49N4+. The fourth-order valence-electron chi connectivity index (χ4n) is 6.60. The second-order valence-electron chi connectivity index (χ2n) is 13.3.